The van der Waals surface area contributed by atoms with E-state index in [1.54, 1.807) is 0 Å². The van der Waals surface area contributed by atoms with Gasteiger partial charge in [0.2, 0.25) is 0 Å². The van der Waals surface area contributed by atoms with Crippen molar-refractivity contribution < 1.29 is 4.42 Å². The molecule has 12 rings (SSSR count). The molecule has 0 radical (unpaired) electrons. The molecule has 0 bridgehead atoms. The van der Waals surface area contributed by atoms with E-state index >= 15 is 0 Å². The Morgan fingerprint density at radius 3 is 1.21 bits per heavy atom. The van der Waals surface area contributed by atoms with Gasteiger partial charge in [-0.2, -0.15) is 0 Å². The average molecular weight is 789 g/mol. The van der Waals surface area contributed by atoms with E-state index in [4.69, 9.17) is 4.42 Å². The van der Waals surface area contributed by atoms with Crippen LogP contribution < -0.4 is 0 Å². The van der Waals surface area contributed by atoms with Crippen molar-refractivity contribution in [3.63, 3.8) is 0 Å². The maximum Gasteiger partial charge on any atom is 0.143 e. The fourth-order valence-corrected chi connectivity index (χ4v) is 9.82. The molecular weight excluding hydrogens is 749 g/mol. The summed E-state index contributed by atoms with van der Waals surface area (Å²) in [7, 11) is 0. The Balaban J connectivity index is 1.00. The summed E-state index contributed by atoms with van der Waals surface area (Å²) in [5.74, 6) is 0.0373. The molecule has 1 aliphatic rings. The van der Waals surface area contributed by atoms with E-state index in [-0.39, 0.29) is 5.92 Å². The maximum absolute atomic E-state index is 6.61. The molecule has 290 valence electrons. The second kappa shape index (κ2) is 14.9. The fraction of sp³-hybridized carbons (Fsp3) is 0.0164. The normalized spacial score (nSPS) is 12.1. The van der Waals surface area contributed by atoms with Crippen LogP contribution in [0.4, 0.5) is 0 Å². The predicted molar refractivity (Wildman–Crippen MR) is 259 cm³/mol. The van der Waals surface area contributed by atoms with Gasteiger partial charge in [0.15, 0.2) is 0 Å². The topological polar surface area (TPSA) is 13.1 Å². The lowest BCUT2D eigenvalue weighted by Crippen LogP contribution is -2.02. The highest BCUT2D eigenvalue weighted by molar-refractivity contribution is 6.10. The van der Waals surface area contributed by atoms with Crippen LogP contribution in [-0.4, -0.2) is 0 Å². The molecule has 1 heteroatoms. The number of benzene rings is 10. The Kier molecular flexibility index (Phi) is 8.64. The third-order valence-corrected chi connectivity index (χ3v) is 12.9. The van der Waals surface area contributed by atoms with Crippen LogP contribution in [0.25, 0.3) is 99.8 Å². The monoisotopic (exact) mass is 788 g/mol. The molecule has 1 aromatic heterocycles. The van der Waals surface area contributed by atoms with Gasteiger partial charge in [-0.25, -0.2) is 0 Å². The standard InChI is InChI=1S/C61H40O/c1-3-14-40(15-4-1)42-26-30-44(31-27-42)46-34-36-53-57(38-46)58-39-47(45-32-28-43(29-33-45)41-16-5-2-6-17-41)35-37-54(58)60(53)52-22-10-9-19-49(52)48-18-7-8-20-50(48)55-23-13-24-56-51-21-11-12-25-59(51)62-61(55)56/h1-39,60H. The van der Waals surface area contributed by atoms with E-state index in [1.165, 1.54) is 83.5 Å². The third kappa shape index (κ3) is 6.09. The van der Waals surface area contributed by atoms with Gasteiger partial charge in [-0.3, -0.25) is 0 Å². The molecule has 0 N–H and O–H groups in total. The molecule has 0 fully saturated rings. The molecule has 0 spiro atoms. The second-order valence-electron chi connectivity index (χ2n) is 16.3. The quantitative estimate of drug-likeness (QED) is 0.157. The predicted octanol–water partition coefficient (Wildman–Crippen LogP) is 16.7. The molecular formula is C61H40O. The van der Waals surface area contributed by atoms with Gasteiger partial charge in [-0.05, 0) is 107 Å². The molecule has 0 saturated heterocycles. The van der Waals surface area contributed by atoms with Crippen LogP contribution in [0.2, 0.25) is 0 Å². The highest BCUT2D eigenvalue weighted by atomic mass is 16.3. The van der Waals surface area contributed by atoms with Crippen molar-refractivity contribution in [1.29, 1.82) is 0 Å². The van der Waals surface area contributed by atoms with Crippen LogP contribution in [0.1, 0.15) is 22.6 Å². The highest BCUT2D eigenvalue weighted by Gasteiger charge is 2.33. The van der Waals surface area contributed by atoms with Crippen LogP contribution in [0.3, 0.4) is 0 Å². The van der Waals surface area contributed by atoms with Gasteiger partial charge in [-0.15, -0.1) is 0 Å². The van der Waals surface area contributed by atoms with E-state index < -0.39 is 0 Å². The zero-order valence-corrected chi connectivity index (χ0v) is 34.0. The summed E-state index contributed by atoms with van der Waals surface area (Å²) in [4.78, 5) is 0. The van der Waals surface area contributed by atoms with Gasteiger partial charge in [0, 0.05) is 22.3 Å². The minimum absolute atomic E-state index is 0.0373. The van der Waals surface area contributed by atoms with Crippen molar-refractivity contribution >= 4 is 21.9 Å². The first kappa shape index (κ1) is 35.9. The molecule has 11 aromatic rings. The molecule has 0 amide bonds. The van der Waals surface area contributed by atoms with E-state index in [0.29, 0.717) is 0 Å². The Bertz CT molecular complexity index is 3300. The summed E-state index contributed by atoms with van der Waals surface area (Å²) in [5.41, 5.74) is 22.7. The van der Waals surface area contributed by atoms with Gasteiger partial charge < -0.3 is 4.42 Å². The van der Waals surface area contributed by atoms with Crippen LogP contribution in [0.5, 0.6) is 0 Å². The van der Waals surface area contributed by atoms with Gasteiger partial charge in [0.25, 0.3) is 0 Å². The van der Waals surface area contributed by atoms with E-state index in [1.807, 2.05) is 6.07 Å². The lowest BCUT2D eigenvalue weighted by Gasteiger charge is -2.21. The molecule has 0 atom stereocenters. The molecule has 0 aliphatic heterocycles. The SMILES string of the molecule is c1ccc(-c2ccc(-c3ccc4c(c3)-c3cc(-c5ccc(-c6ccccc6)cc5)ccc3C4c3ccccc3-c3ccccc3-c3cccc4c3oc3ccccc34)cc2)cc1. The number of rotatable bonds is 7. The third-order valence-electron chi connectivity index (χ3n) is 12.9. The molecule has 10 aromatic carbocycles. The van der Waals surface area contributed by atoms with Crippen molar-refractivity contribution in [2.45, 2.75) is 5.92 Å². The summed E-state index contributed by atoms with van der Waals surface area (Å²) >= 11 is 0. The number of hydrogen-bond donors (Lipinski definition) is 0. The molecule has 0 saturated carbocycles. The largest absolute Gasteiger partial charge is 0.455 e. The highest BCUT2D eigenvalue weighted by Crippen LogP contribution is 2.53. The van der Waals surface area contributed by atoms with Crippen LogP contribution in [0, 0.1) is 0 Å². The Morgan fingerprint density at radius 1 is 0.242 bits per heavy atom. The molecule has 0 unspecified atom stereocenters. The average Bonchev–Trinajstić information content (AvgIpc) is 3.90. The zero-order valence-electron chi connectivity index (χ0n) is 34.0. The molecule has 1 heterocycles. The van der Waals surface area contributed by atoms with Crippen molar-refractivity contribution in [2.75, 3.05) is 0 Å². The van der Waals surface area contributed by atoms with Gasteiger partial charge >= 0.3 is 0 Å². The summed E-state index contributed by atoms with van der Waals surface area (Å²) in [5, 5.41) is 2.27. The van der Waals surface area contributed by atoms with Crippen LogP contribution in [0.15, 0.2) is 241 Å². The lowest BCUT2D eigenvalue weighted by atomic mass is 9.82. The number of para-hydroxylation sites is 2. The zero-order chi connectivity index (χ0) is 41.0. The van der Waals surface area contributed by atoms with Gasteiger partial charge in [0.05, 0.1) is 0 Å². The molecule has 1 aliphatic carbocycles. The van der Waals surface area contributed by atoms with E-state index in [9.17, 15) is 0 Å². The summed E-state index contributed by atoms with van der Waals surface area (Å²) in [6.07, 6.45) is 0. The lowest BCUT2D eigenvalue weighted by molar-refractivity contribution is 0.670. The first-order chi connectivity index (χ1) is 30.7. The first-order valence-corrected chi connectivity index (χ1v) is 21.4. The molecule has 1 nitrogen and oxygen atoms in total. The fourth-order valence-electron chi connectivity index (χ4n) is 9.82. The van der Waals surface area contributed by atoms with Gasteiger partial charge in [0.1, 0.15) is 11.2 Å². The van der Waals surface area contributed by atoms with Crippen molar-refractivity contribution in [3.8, 4) is 77.9 Å². The number of hydrogen-bond acceptors (Lipinski definition) is 1. The van der Waals surface area contributed by atoms with Crippen LogP contribution in [-0.2, 0) is 0 Å². The minimum atomic E-state index is 0.0373. The number of fused-ring (bicyclic) bond motifs is 6. The van der Waals surface area contributed by atoms with Crippen LogP contribution >= 0.6 is 0 Å². The Hall–Kier alpha value is -8.00. The summed E-state index contributed by atoms with van der Waals surface area (Å²) in [6.45, 7) is 0. The van der Waals surface area contributed by atoms with E-state index in [0.717, 1.165) is 33.1 Å². The second-order valence-corrected chi connectivity index (χ2v) is 16.3. The molecule has 62 heavy (non-hydrogen) atoms. The van der Waals surface area contributed by atoms with Crippen molar-refractivity contribution in [3.05, 3.63) is 253 Å². The number of furan rings is 1. The van der Waals surface area contributed by atoms with Crippen molar-refractivity contribution in [1.82, 2.24) is 0 Å². The summed E-state index contributed by atoms with van der Waals surface area (Å²) < 4.78 is 6.61. The summed E-state index contributed by atoms with van der Waals surface area (Å²) in [6, 6.07) is 86.2. The Morgan fingerprint density at radius 2 is 0.629 bits per heavy atom. The van der Waals surface area contributed by atoms with E-state index in [2.05, 4.69) is 231 Å². The smallest absolute Gasteiger partial charge is 0.143 e. The van der Waals surface area contributed by atoms with Crippen molar-refractivity contribution in [2.24, 2.45) is 0 Å². The first-order valence-electron chi connectivity index (χ1n) is 21.4. The maximum atomic E-state index is 6.61. The Labute approximate surface area is 361 Å². The minimum Gasteiger partial charge on any atom is -0.455 e. The van der Waals surface area contributed by atoms with Gasteiger partial charge in [-0.1, -0.05) is 218 Å².